The predicted octanol–water partition coefficient (Wildman–Crippen LogP) is 3.01. The monoisotopic (exact) mass is 298 g/mol. The minimum Gasteiger partial charge on any atom is -0.478 e. The lowest BCUT2D eigenvalue weighted by molar-refractivity contribution is 0.0698. The summed E-state index contributed by atoms with van der Waals surface area (Å²) in [5.41, 5.74) is 2.46. The first-order valence-electron chi connectivity index (χ1n) is 6.82. The van der Waals surface area contributed by atoms with E-state index in [2.05, 4.69) is 5.32 Å². The fourth-order valence-electron chi connectivity index (χ4n) is 2.11. The Kier molecular flexibility index (Phi) is 4.46. The first-order chi connectivity index (χ1) is 10.4. The number of hydrogen-bond acceptors (Lipinski definition) is 3. The summed E-state index contributed by atoms with van der Waals surface area (Å²) in [6, 6.07) is 12.1. The van der Waals surface area contributed by atoms with Gasteiger partial charge in [0.15, 0.2) is 0 Å². The third-order valence-electron chi connectivity index (χ3n) is 3.39. The van der Waals surface area contributed by atoms with E-state index in [1.165, 1.54) is 6.07 Å². The van der Waals surface area contributed by atoms with Gasteiger partial charge in [0.2, 0.25) is 0 Å². The van der Waals surface area contributed by atoms with Gasteiger partial charge in [-0.25, -0.2) is 4.79 Å². The maximum Gasteiger partial charge on any atom is 0.337 e. The lowest BCUT2D eigenvalue weighted by Crippen LogP contribution is -2.17. The van der Waals surface area contributed by atoms with E-state index < -0.39 is 5.97 Å². The van der Waals surface area contributed by atoms with Gasteiger partial charge in [-0.1, -0.05) is 18.2 Å². The number of nitrogens with zero attached hydrogens (tertiary/aromatic N) is 1. The predicted molar refractivity (Wildman–Crippen MR) is 86.9 cm³/mol. The van der Waals surface area contributed by atoms with Gasteiger partial charge in [0.05, 0.1) is 11.3 Å². The third-order valence-corrected chi connectivity index (χ3v) is 3.39. The second-order valence-corrected chi connectivity index (χ2v) is 5.20. The number of anilines is 2. The number of carboxylic acid groups (broad SMARTS) is 1. The number of nitrogens with one attached hydrogen (secondary N) is 1. The Bertz CT molecular complexity index is 724. The molecule has 0 unspecified atom stereocenters. The van der Waals surface area contributed by atoms with Crippen LogP contribution in [0.5, 0.6) is 0 Å². The van der Waals surface area contributed by atoms with Crippen LogP contribution in [0.2, 0.25) is 0 Å². The molecule has 5 heteroatoms. The van der Waals surface area contributed by atoms with Gasteiger partial charge in [-0.2, -0.15) is 0 Å². The van der Waals surface area contributed by atoms with E-state index in [0.29, 0.717) is 5.56 Å². The van der Waals surface area contributed by atoms with Gasteiger partial charge < -0.3 is 15.3 Å². The van der Waals surface area contributed by atoms with Crippen LogP contribution in [0, 0.1) is 6.92 Å². The Labute approximate surface area is 129 Å². The molecule has 2 aromatic carbocycles. The summed E-state index contributed by atoms with van der Waals surface area (Å²) in [6.07, 6.45) is 0. The Hall–Kier alpha value is -2.82. The van der Waals surface area contributed by atoms with E-state index in [-0.39, 0.29) is 17.2 Å². The highest BCUT2D eigenvalue weighted by molar-refractivity contribution is 6.08. The molecule has 0 fully saturated rings. The molecule has 0 spiro atoms. The Balaban J connectivity index is 2.35. The number of rotatable bonds is 4. The molecule has 0 radical (unpaired) electrons. The topological polar surface area (TPSA) is 69.6 Å². The molecule has 114 valence electrons. The van der Waals surface area contributed by atoms with Crippen molar-refractivity contribution in [1.82, 2.24) is 0 Å². The molecule has 0 heterocycles. The van der Waals surface area contributed by atoms with Gasteiger partial charge in [0.1, 0.15) is 0 Å². The fourth-order valence-corrected chi connectivity index (χ4v) is 2.11. The van der Waals surface area contributed by atoms with Crippen LogP contribution in [-0.4, -0.2) is 31.1 Å². The minimum atomic E-state index is -1.08. The molecule has 0 bridgehead atoms. The van der Waals surface area contributed by atoms with Gasteiger partial charge in [-0.3, -0.25) is 4.79 Å². The van der Waals surface area contributed by atoms with Crippen LogP contribution in [0.3, 0.4) is 0 Å². The van der Waals surface area contributed by atoms with Crippen molar-refractivity contribution in [2.75, 3.05) is 24.3 Å². The summed E-state index contributed by atoms with van der Waals surface area (Å²) < 4.78 is 0. The molecule has 0 aliphatic carbocycles. The molecular weight excluding hydrogens is 280 g/mol. The number of benzene rings is 2. The van der Waals surface area contributed by atoms with E-state index >= 15 is 0 Å². The molecular formula is C17H18N2O3. The highest BCUT2D eigenvalue weighted by Crippen LogP contribution is 2.23. The van der Waals surface area contributed by atoms with Crippen LogP contribution in [-0.2, 0) is 0 Å². The molecule has 2 aromatic rings. The van der Waals surface area contributed by atoms with Crippen LogP contribution < -0.4 is 10.2 Å². The standard InChI is InChI=1S/C17H18N2O3/c1-11-6-4-5-7-13(11)16(20)18-15-9-8-12(19(2)3)10-14(15)17(21)22/h4-10H,1-3H3,(H,18,20)(H,21,22). The summed E-state index contributed by atoms with van der Waals surface area (Å²) >= 11 is 0. The molecule has 5 nitrogen and oxygen atoms in total. The SMILES string of the molecule is Cc1ccccc1C(=O)Nc1ccc(N(C)C)cc1C(=O)O. The molecule has 2 N–H and O–H groups in total. The zero-order chi connectivity index (χ0) is 16.3. The molecule has 0 aliphatic rings. The highest BCUT2D eigenvalue weighted by Gasteiger charge is 2.15. The summed E-state index contributed by atoms with van der Waals surface area (Å²) in [4.78, 5) is 25.5. The van der Waals surface area contributed by atoms with Crippen LogP contribution in [0.4, 0.5) is 11.4 Å². The molecule has 0 aromatic heterocycles. The lowest BCUT2D eigenvalue weighted by Gasteiger charge is -2.16. The Morgan fingerprint density at radius 2 is 1.73 bits per heavy atom. The van der Waals surface area contributed by atoms with Crippen molar-refractivity contribution in [3.05, 3.63) is 59.2 Å². The van der Waals surface area contributed by atoms with Crippen molar-refractivity contribution in [2.24, 2.45) is 0 Å². The minimum absolute atomic E-state index is 0.0631. The van der Waals surface area contributed by atoms with Crippen molar-refractivity contribution in [1.29, 1.82) is 0 Å². The zero-order valence-corrected chi connectivity index (χ0v) is 12.8. The molecule has 0 saturated heterocycles. The average Bonchev–Trinajstić information content (AvgIpc) is 2.47. The number of carboxylic acids is 1. The van der Waals surface area contributed by atoms with Gasteiger partial charge in [0, 0.05) is 25.3 Å². The molecule has 22 heavy (non-hydrogen) atoms. The molecule has 0 aliphatic heterocycles. The van der Waals surface area contributed by atoms with E-state index in [0.717, 1.165) is 11.3 Å². The second kappa shape index (κ2) is 6.30. The van der Waals surface area contributed by atoms with Crippen molar-refractivity contribution in [2.45, 2.75) is 6.92 Å². The number of amides is 1. The van der Waals surface area contributed by atoms with Crippen molar-refractivity contribution < 1.29 is 14.7 Å². The van der Waals surface area contributed by atoms with Crippen LogP contribution >= 0.6 is 0 Å². The van der Waals surface area contributed by atoms with Gasteiger partial charge in [-0.05, 0) is 36.8 Å². The van der Waals surface area contributed by atoms with Crippen molar-refractivity contribution >= 4 is 23.3 Å². The van der Waals surface area contributed by atoms with Crippen LogP contribution in [0.25, 0.3) is 0 Å². The van der Waals surface area contributed by atoms with E-state index in [9.17, 15) is 14.7 Å². The van der Waals surface area contributed by atoms with E-state index in [1.54, 1.807) is 29.2 Å². The van der Waals surface area contributed by atoms with Crippen molar-refractivity contribution in [3.8, 4) is 0 Å². The van der Waals surface area contributed by atoms with Gasteiger partial charge in [0.25, 0.3) is 5.91 Å². The van der Waals surface area contributed by atoms with E-state index in [4.69, 9.17) is 0 Å². The van der Waals surface area contributed by atoms with Gasteiger partial charge in [-0.15, -0.1) is 0 Å². The van der Waals surface area contributed by atoms with E-state index in [1.807, 2.05) is 33.2 Å². The Morgan fingerprint density at radius 1 is 1.05 bits per heavy atom. The number of aryl methyl sites for hydroxylation is 1. The first-order valence-corrected chi connectivity index (χ1v) is 6.82. The second-order valence-electron chi connectivity index (χ2n) is 5.20. The smallest absolute Gasteiger partial charge is 0.337 e. The van der Waals surface area contributed by atoms with Crippen LogP contribution in [0.1, 0.15) is 26.3 Å². The quantitative estimate of drug-likeness (QED) is 0.910. The molecule has 1 amide bonds. The van der Waals surface area contributed by atoms with Crippen molar-refractivity contribution in [3.63, 3.8) is 0 Å². The normalized spacial score (nSPS) is 10.1. The summed E-state index contributed by atoms with van der Waals surface area (Å²) in [7, 11) is 3.65. The first kappa shape index (κ1) is 15.6. The van der Waals surface area contributed by atoms with Crippen LogP contribution in [0.15, 0.2) is 42.5 Å². The Morgan fingerprint density at radius 3 is 2.32 bits per heavy atom. The summed E-state index contributed by atoms with van der Waals surface area (Å²) in [6.45, 7) is 1.84. The fraction of sp³-hybridized carbons (Fsp3) is 0.176. The number of carbonyl (C=O) groups excluding carboxylic acids is 1. The zero-order valence-electron chi connectivity index (χ0n) is 12.8. The molecule has 0 saturated carbocycles. The highest BCUT2D eigenvalue weighted by atomic mass is 16.4. The largest absolute Gasteiger partial charge is 0.478 e. The maximum absolute atomic E-state index is 12.3. The number of carbonyl (C=O) groups is 2. The maximum atomic E-state index is 12.3. The number of hydrogen-bond donors (Lipinski definition) is 2. The average molecular weight is 298 g/mol. The number of aromatic carboxylic acids is 1. The summed E-state index contributed by atoms with van der Waals surface area (Å²) in [5.74, 6) is -1.40. The summed E-state index contributed by atoms with van der Waals surface area (Å²) in [5, 5.41) is 12.0. The molecule has 2 rings (SSSR count). The molecule has 0 atom stereocenters. The lowest BCUT2D eigenvalue weighted by atomic mass is 10.1. The van der Waals surface area contributed by atoms with Gasteiger partial charge >= 0.3 is 5.97 Å². The third kappa shape index (κ3) is 3.25.